The topological polar surface area (TPSA) is 18.5 Å². The van der Waals surface area contributed by atoms with Crippen LogP contribution in [0.3, 0.4) is 0 Å². The molecule has 0 aromatic rings. The molecular formula is C24H46F2O2. The molecule has 168 valence electrons. The van der Waals surface area contributed by atoms with E-state index in [9.17, 15) is 8.78 Å². The van der Waals surface area contributed by atoms with Crippen molar-refractivity contribution in [1.82, 2.24) is 0 Å². The Labute approximate surface area is 173 Å². The van der Waals surface area contributed by atoms with Crippen molar-refractivity contribution in [2.75, 3.05) is 6.61 Å². The van der Waals surface area contributed by atoms with Crippen molar-refractivity contribution in [2.24, 2.45) is 29.6 Å². The summed E-state index contributed by atoms with van der Waals surface area (Å²) in [6, 6.07) is 0. The summed E-state index contributed by atoms with van der Waals surface area (Å²) >= 11 is 0. The van der Waals surface area contributed by atoms with Crippen molar-refractivity contribution < 1.29 is 18.3 Å². The Hall–Kier alpha value is -0.220. The number of ether oxygens (including phenoxy) is 2. The monoisotopic (exact) mass is 404 g/mol. The van der Waals surface area contributed by atoms with Crippen LogP contribution in [0, 0.1) is 29.6 Å². The minimum atomic E-state index is -1.60. The van der Waals surface area contributed by atoms with E-state index in [-0.39, 0.29) is 12.0 Å². The first-order valence-corrected chi connectivity index (χ1v) is 11.6. The van der Waals surface area contributed by atoms with Gasteiger partial charge in [-0.3, -0.25) is 0 Å². The molecule has 1 fully saturated rings. The maximum Gasteiger partial charge on any atom is 0.160 e. The smallest absolute Gasteiger partial charge is 0.160 e. The molecule has 0 aromatic heterocycles. The van der Waals surface area contributed by atoms with Crippen LogP contribution in [0.25, 0.3) is 0 Å². The Morgan fingerprint density at radius 1 is 0.821 bits per heavy atom. The lowest BCUT2D eigenvalue weighted by Gasteiger charge is -2.40. The van der Waals surface area contributed by atoms with Gasteiger partial charge in [0, 0.05) is 6.61 Å². The predicted molar refractivity (Wildman–Crippen MR) is 114 cm³/mol. The van der Waals surface area contributed by atoms with Crippen LogP contribution in [0.1, 0.15) is 87.5 Å². The van der Waals surface area contributed by atoms with E-state index in [0.29, 0.717) is 24.9 Å². The highest BCUT2D eigenvalue weighted by atomic mass is 19.2. The zero-order valence-electron chi connectivity index (χ0n) is 19.6. The molecule has 0 aromatic carbocycles. The molecule has 1 saturated carbocycles. The van der Waals surface area contributed by atoms with Crippen LogP contribution in [-0.2, 0) is 9.47 Å². The molecule has 0 spiro atoms. The van der Waals surface area contributed by atoms with Gasteiger partial charge in [0.15, 0.2) is 12.3 Å². The lowest BCUT2D eigenvalue weighted by molar-refractivity contribution is -0.154. The summed E-state index contributed by atoms with van der Waals surface area (Å²) in [5.41, 5.74) is 0. The van der Waals surface area contributed by atoms with Gasteiger partial charge in [-0.05, 0) is 56.3 Å². The van der Waals surface area contributed by atoms with Gasteiger partial charge in [0.05, 0.1) is 18.3 Å². The van der Waals surface area contributed by atoms with E-state index < -0.39 is 24.6 Å². The van der Waals surface area contributed by atoms with Crippen LogP contribution in [0.4, 0.5) is 8.78 Å². The molecular weight excluding hydrogens is 358 g/mol. The van der Waals surface area contributed by atoms with Gasteiger partial charge in [-0.25, -0.2) is 8.78 Å². The number of alkyl halides is 2. The molecule has 0 amide bonds. The summed E-state index contributed by atoms with van der Waals surface area (Å²) in [5.74, 6) is 2.51. The van der Waals surface area contributed by atoms with Crippen LogP contribution < -0.4 is 0 Å². The number of halogens is 2. The average molecular weight is 405 g/mol. The summed E-state index contributed by atoms with van der Waals surface area (Å²) in [4.78, 5) is 0. The highest BCUT2D eigenvalue weighted by molar-refractivity contribution is 4.93. The van der Waals surface area contributed by atoms with Gasteiger partial charge in [-0.2, -0.15) is 0 Å². The minimum Gasteiger partial charge on any atom is -0.375 e. The van der Waals surface area contributed by atoms with Crippen molar-refractivity contribution >= 4 is 0 Å². The van der Waals surface area contributed by atoms with E-state index in [4.69, 9.17) is 9.47 Å². The second-order valence-corrected chi connectivity index (χ2v) is 10.2. The van der Waals surface area contributed by atoms with Gasteiger partial charge in [0.1, 0.15) is 0 Å². The second-order valence-electron chi connectivity index (χ2n) is 10.2. The Balaban J connectivity index is 2.37. The van der Waals surface area contributed by atoms with Crippen molar-refractivity contribution in [3.8, 4) is 0 Å². The average Bonchev–Trinajstić information content (AvgIpc) is 2.62. The molecule has 0 N–H and O–H groups in total. The molecule has 0 bridgehead atoms. The van der Waals surface area contributed by atoms with Crippen molar-refractivity contribution in [1.29, 1.82) is 0 Å². The van der Waals surface area contributed by atoms with Gasteiger partial charge in [-0.1, -0.05) is 60.8 Å². The fourth-order valence-electron chi connectivity index (χ4n) is 4.10. The highest BCUT2D eigenvalue weighted by Crippen LogP contribution is 2.34. The van der Waals surface area contributed by atoms with Crippen LogP contribution in [0.5, 0.6) is 0 Å². The van der Waals surface area contributed by atoms with E-state index in [0.717, 1.165) is 18.3 Å². The second kappa shape index (κ2) is 12.5. The lowest BCUT2D eigenvalue weighted by atomic mass is 9.83. The normalized spacial score (nSPS) is 31.9. The van der Waals surface area contributed by atoms with Gasteiger partial charge in [0.2, 0.25) is 0 Å². The van der Waals surface area contributed by atoms with Gasteiger partial charge in [0.25, 0.3) is 0 Å². The lowest BCUT2D eigenvalue weighted by Crippen LogP contribution is -2.51. The molecule has 8 unspecified atom stereocenters. The Morgan fingerprint density at radius 3 is 1.93 bits per heavy atom. The molecule has 1 aliphatic rings. The third kappa shape index (κ3) is 8.65. The third-order valence-corrected chi connectivity index (χ3v) is 6.45. The molecule has 8 atom stereocenters. The van der Waals surface area contributed by atoms with Crippen LogP contribution in [-0.4, -0.2) is 37.3 Å². The van der Waals surface area contributed by atoms with Gasteiger partial charge in [-0.15, -0.1) is 0 Å². The molecule has 1 aliphatic carbocycles. The minimum absolute atomic E-state index is 0.0356. The van der Waals surface area contributed by atoms with Gasteiger partial charge < -0.3 is 9.47 Å². The predicted octanol–water partition coefficient (Wildman–Crippen LogP) is 7.01. The zero-order valence-corrected chi connectivity index (χ0v) is 19.6. The quantitative estimate of drug-likeness (QED) is 0.348. The van der Waals surface area contributed by atoms with E-state index in [2.05, 4.69) is 34.6 Å². The van der Waals surface area contributed by atoms with Crippen molar-refractivity contribution in [3.05, 3.63) is 0 Å². The molecule has 0 aliphatic heterocycles. The Morgan fingerprint density at radius 2 is 1.39 bits per heavy atom. The Bertz CT molecular complexity index is 415. The van der Waals surface area contributed by atoms with Crippen molar-refractivity contribution in [3.63, 3.8) is 0 Å². The fourth-order valence-corrected chi connectivity index (χ4v) is 4.10. The largest absolute Gasteiger partial charge is 0.375 e. The van der Waals surface area contributed by atoms with Crippen LogP contribution >= 0.6 is 0 Å². The summed E-state index contributed by atoms with van der Waals surface area (Å²) < 4.78 is 40.5. The highest BCUT2D eigenvalue weighted by Gasteiger charge is 2.45. The summed E-state index contributed by atoms with van der Waals surface area (Å²) in [6.45, 7) is 17.6. The maximum atomic E-state index is 14.6. The number of rotatable bonds is 12. The first kappa shape index (κ1) is 25.8. The molecule has 2 nitrogen and oxygen atoms in total. The maximum absolute atomic E-state index is 14.6. The van der Waals surface area contributed by atoms with E-state index in [1.54, 1.807) is 0 Å². The molecule has 4 heteroatoms. The Kier molecular flexibility index (Phi) is 11.5. The van der Waals surface area contributed by atoms with E-state index >= 15 is 0 Å². The number of hydrogen-bond acceptors (Lipinski definition) is 2. The number of hydrogen-bond donors (Lipinski definition) is 0. The zero-order chi connectivity index (χ0) is 21.4. The molecule has 0 heterocycles. The van der Waals surface area contributed by atoms with Crippen LogP contribution in [0.2, 0.25) is 0 Å². The third-order valence-electron chi connectivity index (χ3n) is 6.45. The molecule has 0 radical (unpaired) electrons. The van der Waals surface area contributed by atoms with Crippen LogP contribution in [0.15, 0.2) is 0 Å². The van der Waals surface area contributed by atoms with E-state index in [1.165, 1.54) is 19.3 Å². The first-order valence-electron chi connectivity index (χ1n) is 11.6. The fraction of sp³-hybridized carbons (Fsp3) is 1.00. The first-order chi connectivity index (χ1) is 13.0. The van der Waals surface area contributed by atoms with Crippen molar-refractivity contribution in [2.45, 2.75) is 118 Å². The summed E-state index contributed by atoms with van der Waals surface area (Å²) in [5, 5.41) is 0. The molecule has 1 rings (SSSR count). The van der Waals surface area contributed by atoms with E-state index in [1.807, 2.05) is 20.8 Å². The molecule has 0 saturated heterocycles. The summed E-state index contributed by atoms with van der Waals surface area (Å²) in [6.07, 6.45) is 0.718. The van der Waals surface area contributed by atoms with Gasteiger partial charge >= 0.3 is 0 Å². The standard InChI is InChI=1S/C24H46F2O2/c1-15(2)9-11-18(6)19(7)12-10-17(5)14-27-21-13-20(8)24(28-16(3)4)23(26)22(21)25/h15-24H,9-14H2,1-8H3. The SMILES string of the molecule is CC(C)CCC(C)C(C)CCC(C)COC1CC(C)C(OC(C)C)C(F)C1F. The molecule has 28 heavy (non-hydrogen) atoms. The summed E-state index contributed by atoms with van der Waals surface area (Å²) in [7, 11) is 0.